The van der Waals surface area contributed by atoms with E-state index >= 15 is 0 Å². The molecule has 0 fully saturated rings. The van der Waals surface area contributed by atoms with Gasteiger partial charge in [-0.2, -0.15) is 12.6 Å². The molecule has 0 aromatic heterocycles. The monoisotopic (exact) mass is 238 g/mol. The molecule has 0 saturated heterocycles. The zero-order valence-electron chi connectivity index (χ0n) is 10.4. The molecule has 0 heterocycles. The lowest BCUT2D eigenvalue weighted by molar-refractivity contribution is 0.718. The summed E-state index contributed by atoms with van der Waals surface area (Å²) in [5.41, 5.74) is 8.50. The molecule has 2 atom stereocenters. The number of rotatable bonds is 5. The molecule has 16 heavy (non-hydrogen) atoms. The average molecular weight is 238 g/mol. The Kier molecular flexibility index (Phi) is 5.16. The minimum Gasteiger partial charge on any atom is -0.372 e. The molecule has 1 aromatic rings. The number of thiol groups is 1. The maximum atomic E-state index is 6.09. The molecule has 0 amide bonds. The molecule has 0 aliphatic carbocycles. The van der Waals surface area contributed by atoms with E-state index in [0.717, 1.165) is 18.7 Å². The van der Waals surface area contributed by atoms with Crippen molar-refractivity contribution in [2.24, 2.45) is 5.73 Å². The van der Waals surface area contributed by atoms with Gasteiger partial charge in [-0.3, -0.25) is 0 Å². The van der Waals surface area contributed by atoms with Crippen molar-refractivity contribution in [3.8, 4) is 0 Å². The Labute approximate surface area is 104 Å². The number of hydrogen-bond acceptors (Lipinski definition) is 3. The van der Waals surface area contributed by atoms with Gasteiger partial charge in [0.25, 0.3) is 0 Å². The van der Waals surface area contributed by atoms with Crippen LogP contribution in [-0.2, 0) is 0 Å². The molecule has 0 aliphatic rings. The largest absolute Gasteiger partial charge is 0.372 e. The maximum Gasteiger partial charge on any atom is 0.0411 e. The first kappa shape index (κ1) is 13.4. The fourth-order valence-corrected chi connectivity index (χ4v) is 1.97. The lowest BCUT2D eigenvalue weighted by atomic mass is 10.0. The number of benzene rings is 1. The number of nitrogens with zero attached hydrogens (tertiary/aromatic N) is 1. The standard InChI is InChI=1S/C13H22N2S/c1-4-15(5-2)12-8-6-7-11(9-12)13(14)10(3)16/h6-10,13,16H,4-5,14H2,1-3H3. The molecule has 0 aliphatic heterocycles. The Morgan fingerprint density at radius 1 is 1.31 bits per heavy atom. The fraction of sp³-hybridized carbons (Fsp3) is 0.538. The molecule has 0 spiro atoms. The highest BCUT2D eigenvalue weighted by Crippen LogP contribution is 2.23. The van der Waals surface area contributed by atoms with Gasteiger partial charge in [-0.15, -0.1) is 0 Å². The van der Waals surface area contributed by atoms with E-state index in [2.05, 4.69) is 55.6 Å². The summed E-state index contributed by atoms with van der Waals surface area (Å²) < 4.78 is 0. The van der Waals surface area contributed by atoms with Gasteiger partial charge in [0, 0.05) is 30.1 Å². The summed E-state index contributed by atoms with van der Waals surface area (Å²) in [6.45, 7) is 8.39. The van der Waals surface area contributed by atoms with Crippen LogP contribution >= 0.6 is 12.6 Å². The highest BCUT2D eigenvalue weighted by Gasteiger charge is 2.12. The van der Waals surface area contributed by atoms with Crippen molar-refractivity contribution in [1.29, 1.82) is 0 Å². The lowest BCUT2D eigenvalue weighted by Gasteiger charge is -2.23. The highest BCUT2D eigenvalue weighted by molar-refractivity contribution is 7.81. The second kappa shape index (κ2) is 6.16. The second-order valence-corrected chi connectivity index (χ2v) is 4.85. The highest BCUT2D eigenvalue weighted by atomic mass is 32.1. The van der Waals surface area contributed by atoms with Gasteiger partial charge in [0.15, 0.2) is 0 Å². The fourth-order valence-electron chi connectivity index (χ4n) is 1.80. The van der Waals surface area contributed by atoms with E-state index in [9.17, 15) is 0 Å². The van der Waals surface area contributed by atoms with Gasteiger partial charge in [-0.05, 0) is 31.5 Å². The quantitative estimate of drug-likeness (QED) is 0.772. The molecule has 2 nitrogen and oxygen atoms in total. The minimum absolute atomic E-state index is 0.00107. The third-order valence-corrected chi connectivity index (χ3v) is 3.22. The van der Waals surface area contributed by atoms with Crippen molar-refractivity contribution in [3.05, 3.63) is 29.8 Å². The zero-order chi connectivity index (χ0) is 12.1. The molecule has 2 N–H and O–H groups in total. The van der Waals surface area contributed by atoms with Crippen molar-refractivity contribution in [2.75, 3.05) is 18.0 Å². The van der Waals surface area contributed by atoms with Crippen LogP contribution in [0.1, 0.15) is 32.4 Å². The Hall–Kier alpha value is -0.670. The summed E-state index contributed by atoms with van der Waals surface area (Å²) in [5.74, 6) is 0. The van der Waals surface area contributed by atoms with Crippen molar-refractivity contribution in [3.63, 3.8) is 0 Å². The summed E-state index contributed by atoms with van der Waals surface area (Å²) in [4.78, 5) is 2.32. The smallest absolute Gasteiger partial charge is 0.0411 e. The maximum absolute atomic E-state index is 6.09. The third kappa shape index (κ3) is 3.16. The van der Waals surface area contributed by atoms with Crippen molar-refractivity contribution in [1.82, 2.24) is 0 Å². The molecule has 90 valence electrons. The Balaban J connectivity index is 2.94. The average Bonchev–Trinajstić information content (AvgIpc) is 2.30. The summed E-state index contributed by atoms with van der Waals surface area (Å²) in [6.07, 6.45) is 0. The van der Waals surface area contributed by atoms with Crippen LogP contribution in [0.2, 0.25) is 0 Å². The minimum atomic E-state index is -0.00107. The lowest BCUT2D eigenvalue weighted by Crippen LogP contribution is -2.23. The van der Waals surface area contributed by atoms with Crippen LogP contribution in [0.25, 0.3) is 0 Å². The van der Waals surface area contributed by atoms with E-state index in [-0.39, 0.29) is 11.3 Å². The Bertz CT molecular complexity index is 304. The van der Waals surface area contributed by atoms with E-state index in [1.807, 2.05) is 6.92 Å². The Morgan fingerprint density at radius 3 is 2.44 bits per heavy atom. The first-order valence-corrected chi connectivity index (χ1v) is 6.40. The van der Waals surface area contributed by atoms with Crippen LogP contribution < -0.4 is 10.6 Å². The van der Waals surface area contributed by atoms with E-state index in [0.29, 0.717) is 0 Å². The van der Waals surface area contributed by atoms with E-state index in [4.69, 9.17) is 5.73 Å². The van der Waals surface area contributed by atoms with E-state index in [1.54, 1.807) is 0 Å². The van der Waals surface area contributed by atoms with Gasteiger partial charge in [0.1, 0.15) is 0 Å². The number of hydrogen-bond donors (Lipinski definition) is 2. The van der Waals surface area contributed by atoms with Gasteiger partial charge >= 0.3 is 0 Å². The molecule has 0 saturated carbocycles. The van der Waals surface area contributed by atoms with Crippen LogP contribution in [-0.4, -0.2) is 18.3 Å². The van der Waals surface area contributed by atoms with Crippen molar-refractivity contribution < 1.29 is 0 Å². The first-order chi connectivity index (χ1) is 7.60. The molecule has 3 heteroatoms. The van der Waals surface area contributed by atoms with Crippen LogP contribution in [0.5, 0.6) is 0 Å². The van der Waals surface area contributed by atoms with E-state index < -0.39 is 0 Å². The third-order valence-electron chi connectivity index (χ3n) is 2.90. The first-order valence-electron chi connectivity index (χ1n) is 5.88. The van der Waals surface area contributed by atoms with Gasteiger partial charge in [0.05, 0.1) is 0 Å². The molecular formula is C13H22N2S. The van der Waals surface area contributed by atoms with Crippen LogP contribution in [0.3, 0.4) is 0 Å². The second-order valence-electron chi connectivity index (χ2n) is 4.03. The molecule has 0 radical (unpaired) electrons. The SMILES string of the molecule is CCN(CC)c1cccc(C(N)C(C)S)c1. The molecule has 0 bridgehead atoms. The van der Waals surface area contributed by atoms with Crippen molar-refractivity contribution >= 4 is 18.3 Å². The molecule has 1 aromatic carbocycles. The van der Waals surface area contributed by atoms with Gasteiger partial charge in [-0.1, -0.05) is 19.1 Å². The van der Waals surface area contributed by atoms with Crippen LogP contribution in [0.4, 0.5) is 5.69 Å². The normalized spacial score (nSPS) is 14.6. The van der Waals surface area contributed by atoms with E-state index in [1.165, 1.54) is 5.69 Å². The number of nitrogens with two attached hydrogens (primary N) is 1. The van der Waals surface area contributed by atoms with Gasteiger partial charge in [0.2, 0.25) is 0 Å². The predicted octanol–water partition coefficient (Wildman–Crippen LogP) is 2.85. The summed E-state index contributed by atoms with van der Waals surface area (Å²) >= 11 is 4.40. The predicted molar refractivity (Wildman–Crippen MR) is 75.4 cm³/mol. The molecular weight excluding hydrogens is 216 g/mol. The van der Waals surface area contributed by atoms with Crippen LogP contribution in [0, 0.1) is 0 Å². The zero-order valence-corrected chi connectivity index (χ0v) is 11.2. The van der Waals surface area contributed by atoms with Gasteiger partial charge < -0.3 is 10.6 Å². The topological polar surface area (TPSA) is 29.3 Å². The van der Waals surface area contributed by atoms with Crippen LogP contribution in [0.15, 0.2) is 24.3 Å². The summed E-state index contributed by atoms with van der Waals surface area (Å²) in [6, 6.07) is 8.44. The van der Waals surface area contributed by atoms with Crippen molar-refractivity contribution in [2.45, 2.75) is 32.1 Å². The van der Waals surface area contributed by atoms with Gasteiger partial charge in [-0.25, -0.2) is 0 Å². The molecule has 1 rings (SSSR count). The summed E-state index contributed by atoms with van der Waals surface area (Å²) in [5, 5.41) is 0.173. The number of anilines is 1. The summed E-state index contributed by atoms with van der Waals surface area (Å²) in [7, 11) is 0. The molecule has 2 unspecified atom stereocenters. The Morgan fingerprint density at radius 2 is 1.94 bits per heavy atom.